The molecule has 2 aliphatic rings. The number of piperidine rings is 1. The van der Waals surface area contributed by atoms with Crippen molar-refractivity contribution in [1.82, 2.24) is 4.31 Å². The minimum Gasteiger partial charge on any atom is -0.481 e. The zero-order chi connectivity index (χ0) is 18.4. The van der Waals surface area contributed by atoms with Crippen LogP contribution >= 0.6 is 0 Å². The number of rotatable bonds is 3. The van der Waals surface area contributed by atoms with Crippen LogP contribution < -0.4 is 5.32 Å². The quantitative estimate of drug-likeness (QED) is 0.838. The summed E-state index contributed by atoms with van der Waals surface area (Å²) in [6.07, 6.45) is 0.929. The molecule has 25 heavy (non-hydrogen) atoms. The number of aliphatic carboxylic acids is 1. The number of nitrogens with one attached hydrogen (secondary N) is 1. The number of carbonyl (C=O) groups excluding carboxylic acids is 1. The molecule has 1 fully saturated rings. The molecule has 3 rings (SSSR count). The number of hydrogen-bond donors (Lipinski definition) is 2. The van der Waals surface area contributed by atoms with Crippen molar-refractivity contribution in [3.05, 3.63) is 23.5 Å². The molecular formula is C16H19FN2O5S. The fraction of sp³-hybridized carbons (Fsp3) is 0.500. The Balaban J connectivity index is 1.97. The van der Waals surface area contributed by atoms with Gasteiger partial charge in [0.1, 0.15) is 10.7 Å². The molecule has 1 aromatic carbocycles. The summed E-state index contributed by atoms with van der Waals surface area (Å²) in [6.45, 7) is 1.75. The number of carboxylic acids is 1. The van der Waals surface area contributed by atoms with E-state index in [0.29, 0.717) is 18.4 Å². The predicted octanol–water partition coefficient (Wildman–Crippen LogP) is 1.44. The van der Waals surface area contributed by atoms with Crippen LogP contribution in [-0.4, -0.2) is 42.8 Å². The summed E-state index contributed by atoms with van der Waals surface area (Å²) in [4.78, 5) is 22.2. The van der Waals surface area contributed by atoms with Crippen LogP contribution in [0.25, 0.3) is 0 Å². The Morgan fingerprint density at radius 2 is 2.04 bits per heavy atom. The SMILES string of the molecule is CC1CC(C(=O)O)CN(S(=O)(=O)c2cc3c(cc2F)NC(=O)CC3)C1. The summed E-state index contributed by atoms with van der Waals surface area (Å²) in [7, 11) is -4.16. The summed E-state index contributed by atoms with van der Waals surface area (Å²) < 4.78 is 41.2. The molecule has 1 saturated heterocycles. The number of nitrogens with zero attached hydrogens (tertiary/aromatic N) is 1. The topological polar surface area (TPSA) is 104 Å². The Labute approximate surface area is 144 Å². The molecule has 7 nitrogen and oxygen atoms in total. The molecular weight excluding hydrogens is 351 g/mol. The van der Waals surface area contributed by atoms with Gasteiger partial charge in [-0.1, -0.05) is 6.92 Å². The largest absolute Gasteiger partial charge is 0.481 e. The van der Waals surface area contributed by atoms with E-state index in [0.717, 1.165) is 10.4 Å². The lowest BCUT2D eigenvalue weighted by Gasteiger charge is -2.34. The molecule has 1 amide bonds. The number of benzene rings is 1. The second-order valence-electron chi connectivity index (χ2n) is 6.69. The van der Waals surface area contributed by atoms with E-state index < -0.39 is 32.6 Å². The monoisotopic (exact) mass is 370 g/mol. The predicted molar refractivity (Wildman–Crippen MR) is 87.0 cm³/mol. The maximum atomic E-state index is 14.4. The number of fused-ring (bicyclic) bond motifs is 1. The van der Waals surface area contributed by atoms with Gasteiger partial charge in [0.05, 0.1) is 5.92 Å². The van der Waals surface area contributed by atoms with Crippen molar-refractivity contribution in [3.63, 3.8) is 0 Å². The van der Waals surface area contributed by atoms with E-state index in [1.807, 2.05) is 0 Å². The van der Waals surface area contributed by atoms with Gasteiger partial charge in [0.25, 0.3) is 0 Å². The first-order valence-electron chi connectivity index (χ1n) is 8.03. The van der Waals surface area contributed by atoms with Crippen molar-refractivity contribution >= 4 is 27.6 Å². The van der Waals surface area contributed by atoms with Crippen LogP contribution in [0, 0.1) is 17.7 Å². The molecule has 0 aromatic heterocycles. The summed E-state index contributed by atoms with van der Waals surface area (Å²) >= 11 is 0. The van der Waals surface area contributed by atoms with Crippen LogP contribution in [0.4, 0.5) is 10.1 Å². The molecule has 0 spiro atoms. The van der Waals surface area contributed by atoms with E-state index in [-0.39, 0.29) is 37.0 Å². The molecule has 136 valence electrons. The van der Waals surface area contributed by atoms with Gasteiger partial charge >= 0.3 is 5.97 Å². The normalized spacial score (nSPS) is 24.5. The fourth-order valence-electron chi connectivity index (χ4n) is 3.39. The van der Waals surface area contributed by atoms with Gasteiger partial charge < -0.3 is 10.4 Å². The summed E-state index contributed by atoms with van der Waals surface area (Å²) in [6, 6.07) is 2.26. The van der Waals surface area contributed by atoms with Crippen LogP contribution in [-0.2, 0) is 26.0 Å². The average molecular weight is 370 g/mol. The standard InChI is InChI=1S/C16H19FN2O5S/c1-9-4-11(16(21)22)8-19(7-9)25(23,24)14-5-10-2-3-15(20)18-13(10)6-12(14)17/h5-6,9,11H,2-4,7-8H2,1H3,(H,18,20)(H,21,22). The first-order chi connectivity index (χ1) is 11.7. The summed E-state index contributed by atoms with van der Waals surface area (Å²) in [5.74, 6) is -3.19. The van der Waals surface area contributed by atoms with Crippen LogP contribution in [0.3, 0.4) is 0 Å². The third-order valence-electron chi connectivity index (χ3n) is 4.65. The molecule has 0 bridgehead atoms. The van der Waals surface area contributed by atoms with E-state index in [9.17, 15) is 27.5 Å². The van der Waals surface area contributed by atoms with E-state index in [2.05, 4.69) is 5.32 Å². The fourth-order valence-corrected chi connectivity index (χ4v) is 5.10. The molecule has 2 heterocycles. The third-order valence-corrected chi connectivity index (χ3v) is 6.49. The Morgan fingerprint density at radius 3 is 2.72 bits per heavy atom. The van der Waals surface area contributed by atoms with E-state index in [4.69, 9.17) is 0 Å². The van der Waals surface area contributed by atoms with Crippen molar-refractivity contribution < 1.29 is 27.5 Å². The minimum absolute atomic E-state index is 0.135. The lowest BCUT2D eigenvalue weighted by molar-refractivity contribution is -0.143. The number of aryl methyl sites for hydroxylation is 1. The van der Waals surface area contributed by atoms with Gasteiger partial charge in [0.15, 0.2) is 0 Å². The number of hydrogen-bond acceptors (Lipinski definition) is 4. The lowest BCUT2D eigenvalue weighted by Crippen LogP contribution is -2.45. The van der Waals surface area contributed by atoms with Gasteiger partial charge in [-0.3, -0.25) is 9.59 Å². The molecule has 2 aliphatic heterocycles. The van der Waals surface area contributed by atoms with Gasteiger partial charge in [0.2, 0.25) is 15.9 Å². The second kappa shape index (κ2) is 6.38. The van der Waals surface area contributed by atoms with Crippen molar-refractivity contribution in [2.75, 3.05) is 18.4 Å². The zero-order valence-electron chi connectivity index (χ0n) is 13.7. The molecule has 1 aromatic rings. The van der Waals surface area contributed by atoms with Crippen LogP contribution in [0.15, 0.2) is 17.0 Å². The molecule has 2 atom stereocenters. The first-order valence-corrected chi connectivity index (χ1v) is 9.47. The van der Waals surface area contributed by atoms with Crippen LogP contribution in [0.5, 0.6) is 0 Å². The van der Waals surface area contributed by atoms with Gasteiger partial charge in [-0.25, -0.2) is 12.8 Å². The van der Waals surface area contributed by atoms with E-state index >= 15 is 0 Å². The highest BCUT2D eigenvalue weighted by Gasteiger charge is 2.37. The third kappa shape index (κ3) is 3.38. The molecule has 2 unspecified atom stereocenters. The molecule has 2 N–H and O–H groups in total. The van der Waals surface area contributed by atoms with Crippen molar-refractivity contribution in [2.24, 2.45) is 11.8 Å². The molecule has 9 heteroatoms. The number of halogens is 1. The highest BCUT2D eigenvalue weighted by atomic mass is 32.2. The minimum atomic E-state index is -4.16. The van der Waals surface area contributed by atoms with E-state index in [1.54, 1.807) is 6.92 Å². The van der Waals surface area contributed by atoms with Crippen molar-refractivity contribution in [2.45, 2.75) is 31.1 Å². The smallest absolute Gasteiger partial charge is 0.307 e. The van der Waals surface area contributed by atoms with Gasteiger partial charge in [-0.15, -0.1) is 0 Å². The van der Waals surface area contributed by atoms with Gasteiger partial charge in [-0.05, 0) is 36.5 Å². The Morgan fingerprint density at radius 1 is 1.32 bits per heavy atom. The Bertz CT molecular complexity index is 839. The van der Waals surface area contributed by atoms with Gasteiger partial charge in [-0.2, -0.15) is 4.31 Å². The Kier molecular flexibility index (Phi) is 4.54. The molecule has 0 aliphatic carbocycles. The number of anilines is 1. The average Bonchev–Trinajstić information content (AvgIpc) is 2.53. The van der Waals surface area contributed by atoms with Crippen LogP contribution in [0.2, 0.25) is 0 Å². The van der Waals surface area contributed by atoms with Crippen molar-refractivity contribution in [3.8, 4) is 0 Å². The summed E-state index contributed by atoms with van der Waals surface area (Å²) in [5, 5.41) is 11.7. The van der Waals surface area contributed by atoms with E-state index in [1.165, 1.54) is 6.07 Å². The number of carbonyl (C=O) groups is 2. The van der Waals surface area contributed by atoms with Crippen LogP contribution in [0.1, 0.15) is 25.3 Å². The maximum absolute atomic E-state index is 14.4. The zero-order valence-corrected chi connectivity index (χ0v) is 14.5. The lowest BCUT2D eigenvalue weighted by atomic mass is 9.92. The van der Waals surface area contributed by atoms with Gasteiger partial charge in [0, 0.05) is 25.2 Å². The van der Waals surface area contributed by atoms with Crippen molar-refractivity contribution in [1.29, 1.82) is 0 Å². The number of amides is 1. The second-order valence-corrected chi connectivity index (χ2v) is 8.59. The first kappa shape index (κ1) is 17.8. The summed E-state index contributed by atoms with van der Waals surface area (Å²) in [5.41, 5.74) is 0.836. The number of carboxylic acid groups (broad SMARTS) is 1. The highest BCUT2D eigenvalue weighted by molar-refractivity contribution is 7.89. The number of sulfonamides is 1. The Hall–Kier alpha value is -2.00. The molecule has 0 saturated carbocycles. The molecule has 0 radical (unpaired) electrons. The maximum Gasteiger partial charge on any atom is 0.307 e. The highest BCUT2D eigenvalue weighted by Crippen LogP contribution is 2.32.